The zero-order valence-corrected chi connectivity index (χ0v) is 18.6. The van der Waals surface area contributed by atoms with Crippen LogP contribution in [-0.2, 0) is 0 Å². The first-order valence-corrected chi connectivity index (χ1v) is 10.4. The number of hydrogen-bond donors (Lipinski definition) is 1. The van der Waals surface area contributed by atoms with Crippen molar-refractivity contribution in [3.8, 4) is 23.0 Å². The number of benzene rings is 3. The van der Waals surface area contributed by atoms with Gasteiger partial charge in [0.05, 0.1) is 11.1 Å². The van der Waals surface area contributed by atoms with Gasteiger partial charge >= 0.3 is 17.9 Å². The smallest absolute Gasteiger partial charge is 0.343 e. The minimum Gasteiger partial charge on any atom is -0.490 e. The van der Waals surface area contributed by atoms with Crippen molar-refractivity contribution in [2.45, 2.75) is 0 Å². The molecule has 0 heterocycles. The number of esters is 2. The van der Waals surface area contributed by atoms with Gasteiger partial charge in [-0.25, -0.2) is 14.4 Å². The molecule has 3 aromatic rings. The van der Waals surface area contributed by atoms with Gasteiger partial charge in [0.1, 0.15) is 41.8 Å². The monoisotopic (exact) mass is 474 g/mol. The minimum atomic E-state index is -1.36. The Morgan fingerprint density at radius 3 is 1.60 bits per heavy atom. The van der Waals surface area contributed by atoms with E-state index in [0.717, 1.165) is 6.07 Å². The Bertz CT molecular complexity index is 1230. The van der Waals surface area contributed by atoms with Crippen molar-refractivity contribution in [1.82, 2.24) is 0 Å². The summed E-state index contributed by atoms with van der Waals surface area (Å²) in [7, 11) is 0. The summed E-state index contributed by atoms with van der Waals surface area (Å²) in [5.74, 6) is -1.94. The van der Waals surface area contributed by atoms with Gasteiger partial charge in [-0.1, -0.05) is 25.3 Å². The maximum Gasteiger partial charge on any atom is 0.343 e. The highest BCUT2D eigenvalue weighted by Gasteiger charge is 2.19. The summed E-state index contributed by atoms with van der Waals surface area (Å²) in [6.45, 7) is 7.76. The van der Waals surface area contributed by atoms with Crippen LogP contribution in [0, 0.1) is 0 Å². The Hall–Kier alpha value is -4.85. The topological polar surface area (TPSA) is 108 Å². The van der Waals surface area contributed by atoms with E-state index < -0.39 is 17.9 Å². The molecule has 0 saturated carbocycles. The predicted octanol–water partition coefficient (Wildman–Crippen LogP) is 4.95. The van der Waals surface area contributed by atoms with Crippen LogP contribution in [0.4, 0.5) is 0 Å². The molecule has 0 atom stereocenters. The fourth-order valence-electron chi connectivity index (χ4n) is 2.84. The third-order valence-electron chi connectivity index (χ3n) is 4.51. The first kappa shape index (κ1) is 24.8. The number of ether oxygens (including phenoxy) is 4. The van der Waals surface area contributed by atoms with Crippen molar-refractivity contribution >= 4 is 17.9 Å². The van der Waals surface area contributed by atoms with Gasteiger partial charge in [0.15, 0.2) is 0 Å². The highest BCUT2D eigenvalue weighted by Crippen LogP contribution is 2.26. The number of carbonyl (C=O) groups is 3. The molecule has 0 spiro atoms. The molecule has 0 aliphatic carbocycles. The summed E-state index contributed by atoms with van der Waals surface area (Å²) in [5.41, 5.74) is 0.0925. The molecule has 3 rings (SSSR count). The van der Waals surface area contributed by atoms with Gasteiger partial charge in [-0.3, -0.25) is 0 Å². The first-order valence-electron chi connectivity index (χ1n) is 10.4. The van der Waals surface area contributed by atoms with E-state index in [-0.39, 0.29) is 28.2 Å². The normalized spacial score (nSPS) is 10.1. The third-order valence-corrected chi connectivity index (χ3v) is 4.51. The molecule has 0 radical (unpaired) electrons. The number of hydrogen-bond acceptors (Lipinski definition) is 7. The van der Waals surface area contributed by atoms with Crippen LogP contribution < -0.4 is 18.9 Å². The second-order valence-corrected chi connectivity index (χ2v) is 6.99. The lowest BCUT2D eigenvalue weighted by Crippen LogP contribution is -2.13. The van der Waals surface area contributed by atoms with E-state index in [2.05, 4.69) is 13.2 Å². The Kier molecular flexibility index (Phi) is 8.39. The van der Waals surface area contributed by atoms with Crippen molar-refractivity contribution in [2.75, 3.05) is 13.2 Å². The fraction of sp³-hybridized carbons (Fsp3) is 0.0741. The molecular formula is C27H22O8. The highest BCUT2D eigenvalue weighted by molar-refractivity contribution is 5.96. The SMILES string of the molecule is C=CCOc1ccc(C(=O)Oc2ccc(OC(=O)c3ccc(OCC=C)cc3)c(C(=O)O)c2)cc1. The second kappa shape index (κ2) is 11.9. The van der Waals surface area contributed by atoms with Crippen LogP contribution in [-0.4, -0.2) is 36.2 Å². The molecule has 8 nitrogen and oxygen atoms in total. The van der Waals surface area contributed by atoms with Gasteiger partial charge < -0.3 is 24.1 Å². The van der Waals surface area contributed by atoms with Gasteiger partial charge in [-0.05, 0) is 66.7 Å². The zero-order valence-electron chi connectivity index (χ0n) is 18.6. The Labute approximate surface area is 201 Å². The molecular weight excluding hydrogens is 452 g/mol. The number of carbonyl (C=O) groups excluding carboxylic acids is 2. The van der Waals surface area contributed by atoms with Crippen LogP contribution in [0.1, 0.15) is 31.1 Å². The highest BCUT2D eigenvalue weighted by atomic mass is 16.5. The van der Waals surface area contributed by atoms with E-state index in [4.69, 9.17) is 18.9 Å². The predicted molar refractivity (Wildman–Crippen MR) is 128 cm³/mol. The van der Waals surface area contributed by atoms with E-state index in [1.54, 1.807) is 36.4 Å². The fourth-order valence-corrected chi connectivity index (χ4v) is 2.84. The van der Waals surface area contributed by atoms with E-state index >= 15 is 0 Å². The van der Waals surface area contributed by atoms with Crippen molar-refractivity contribution in [1.29, 1.82) is 0 Å². The van der Waals surface area contributed by atoms with Gasteiger partial charge in [-0.15, -0.1) is 0 Å². The van der Waals surface area contributed by atoms with Crippen LogP contribution in [0.5, 0.6) is 23.0 Å². The number of aromatic carboxylic acids is 1. The molecule has 35 heavy (non-hydrogen) atoms. The summed E-state index contributed by atoms with van der Waals surface area (Å²) in [5, 5.41) is 9.57. The molecule has 0 fully saturated rings. The maximum atomic E-state index is 12.5. The summed E-state index contributed by atoms with van der Waals surface area (Å²) in [6.07, 6.45) is 3.19. The third kappa shape index (κ3) is 6.82. The molecule has 8 heteroatoms. The molecule has 0 aliphatic rings. The van der Waals surface area contributed by atoms with Crippen LogP contribution in [0.25, 0.3) is 0 Å². The molecule has 0 unspecified atom stereocenters. The largest absolute Gasteiger partial charge is 0.490 e. The molecule has 0 aromatic heterocycles. The van der Waals surface area contributed by atoms with E-state index in [0.29, 0.717) is 24.7 Å². The zero-order chi connectivity index (χ0) is 25.2. The number of rotatable bonds is 11. The maximum absolute atomic E-state index is 12.5. The number of carboxylic acid groups (broad SMARTS) is 1. The quantitative estimate of drug-likeness (QED) is 0.236. The Balaban J connectivity index is 1.70. The van der Waals surface area contributed by atoms with Crippen molar-refractivity contribution in [3.05, 3.63) is 109 Å². The van der Waals surface area contributed by atoms with E-state index in [1.807, 2.05) is 0 Å². The van der Waals surface area contributed by atoms with E-state index in [9.17, 15) is 19.5 Å². The molecule has 3 aromatic carbocycles. The van der Waals surface area contributed by atoms with Crippen molar-refractivity contribution in [2.24, 2.45) is 0 Å². The summed E-state index contributed by atoms with van der Waals surface area (Å²) >= 11 is 0. The van der Waals surface area contributed by atoms with Gasteiger partial charge in [0.25, 0.3) is 0 Å². The summed E-state index contributed by atoms with van der Waals surface area (Å²) in [6, 6.07) is 16.1. The van der Waals surface area contributed by atoms with Crippen LogP contribution in [0.15, 0.2) is 92.0 Å². The van der Waals surface area contributed by atoms with Crippen LogP contribution in [0.2, 0.25) is 0 Å². The van der Waals surface area contributed by atoms with Crippen LogP contribution in [0.3, 0.4) is 0 Å². The van der Waals surface area contributed by atoms with Crippen LogP contribution >= 0.6 is 0 Å². The minimum absolute atomic E-state index is 0.0251. The molecule has 1 N–H and O–H groups in total. The van der Waals surface area contributed by atoms with Crippen molar-refractivity contribution in [3.63, 3.8) is 0 Å². The molecule has 0 bridgehead atoms. The van der Waals surface area contributed by atoms with E-state index in [1.165, 1.54) is 36.4 Å². The summed E-state index contributed by atoms with van der Waals surface area (Å²) < 4.78 is 21.3. The Morgan fingerprint density at radius 2 is 1.14 bits per heavy atom. The van der Waals surface area contributed by atoms with Gasteiger partial charge in [0, 0.05) is 0 Å². The Morgan fingerprint density at radius 1 is 0.686 bits per heavy atom. The molecule has 0 aliphatic heterocycles. The van der Waals surface area contributed by atoms with Crippen molar-refractivity contribution < 1.29 is 38.4 Å². The lowest BCUT2D eigenvalue weighted by molar-refractivity contribution is 0.0670. The summed E-state index contributed by atoms with van der Waals surface area (Å²) in [4.78, 5) is 36.7. The molecule has 178 valence electrons. The average Bonchev–Trinajstić information content (AvgIpc) is 2.87. The standard InChI is InChI=1S/C27H22O8/c1-3-15-32-20-9-5-18(6-10-20)26(30)34-22-13-14-24(23(17-22)25(28)29)35-27(31)19-7-11-21(12-8-19)33-16-4-2/h3-14,17H,1-2,15-16H2,(H,28,29). The van der Waals surface area contributed by atoms with Gasteiger partial charge in [0.2, 0.25) is 0 Å². The van der Waals surface area contributed by atoms with Gasteiger partial charge in [-0.2, -0.15) is 0 Å². The average molecular weight is 474 g/mol. The molecule has 0 saturated heterocycles. The molecule has 0 amide bonds. The second-order valence-electron chi connectivity index (χ2n) is 6.99. The lowest BCUT2D eigenvalue weighted by atomic mass is 10.1. The lowest BCUT2D eigenvalue weighted by Gasteiger charge is -2.11. The number of carboxylic acids is 1. The first-order chi connectivity index (χ1) is 16.9.